The van der Waals surface area contributed by atoms with Gasteiger partial charge < -0.3 is 65.8 Å². The predicted molar refractivity (Wildman–Crippen MR) is 292 cm³/mol. The zero-order chi connectivity index (χ0) is 62.4. The van der Waals surface area contributed by atoms with Gasteiger partial charge in [-0.2, -0.15) is 9.97 Å². The first kappa shape index (κ1) is 64.4. The quantitative estimate of drug-likeness (QED) is 0.0324. The van der Waals surface area contributed by atoms with Gasteiger partial charge in [-0.05, 0) is 19.9 Å². The number of nitrogen functional groups attached to an aromatic ring is 2. The van der Waals surface area contributed by atoms with Crippen LogP contribution in [0.5, 0.6) is 0 Å². The molecule has 40 nitrogen and oxygen atoms in total. The Bertz CT molecular complexity index is 3820. The molecule has 0 saturated carbocycles. The molecule has 0 spiro atoms. The number of fused-ring (bicyclic) bond motifs is 2. The third kappa shape index (κ3) is 14.8. The molecule has 0 aliphatic carbocycles. The van der Waals surface area contributed by atoms with E-state index in [1.807, 2.05) is 0 Å². The fraction of sp³-hybridized carbons (Fsp3) is 0.605. The van der Waals surface area contributed by atoms with Crippen molar-refractivity contribution in [1.82, 2.24) is 48.2 Å². The van der Waals surface area contributed by atoms with Crippen LogP contribution in [0.2, 0.25) is 0 Å². The molecule has 0 aromatic carbocycles. The minimum atomic E-state index is -5.42. The highest BCUT2D eigenvalue weighted by atomic mass is 31.2. The van der Waals surface area contributed by atoms with Gasteiger partial charge in [0, 0.05) is 63.8 Å². The van der Waals surface area contributed by atoms with Crippen molar-refractivity contribution in [2.24, 2.45) is 10.7 Å². The van der Waals surface area contributed by atoms with Crippen LogP contribution in [-0.2, 0) is 78.1 Å². The van der Waals surface area contributed by atoms with Crippen LogP contribution >= 0.6 is 31.3 Å². The zero-order valence-corrected chi connectivity index (χ0v) is 49.6. The van der Waals surface area contributed by atoms with Crippen LogP contribution in [0.3, 0.4) is 0 Å². The van der Waals surface area contributed by atoms with E-state index in [1.54, 1.807) is 17.8 Å². The lowest BCUT2D eigenvalue weighted by Crippen LogP contribution is -2.35. The first-order valence-electron chi connectivity index (χ1n) is 26.3. The third-order valence-electron chi connectivity index (χ3n) is 14.4. The van der Waals surface area contributed by atoms with E-state index in [9.17, 15) is 57.0 Å². The summed E-state index contributed by atoms with van der Waals surface area (Å²) in [6.45, 7) is 0.261. The summed E-state index contributed by atoms with van der Waals surface area (Å²) in [4.78, 5) is 119. The summed E-state index contributed by atoms with van der Waals surface area (Å²) in [7, 11) is -19.7. The zero-order valence-electron chi connectivity index (χ0n) is 46.0. The molecule has 10 rings (SSSR count). The minimum absolute atomic E-state index is 0.0188. The number of anilines is 3. The molecule has 16 atom stereocenters. The second kappa shape index (κ2) is 25.7. The number of phosphoric acid groups is 4. The number of imidazole rings is 2. The fourth-order valence-electron chi connectivity index (χ4n) is 10.2. The molecule has 0 amide bonds. The molecule has 0 bridgehead atoms. The molecule has 5 aromatic heterocycles. The van der Waals surface area contributed by atoms with E-state index in [0.717, 1.165) is 22.4 Å². The number of aromatic nitrogens is 10. The van der Waals surface area contributed by atoms with E-state index in [0.29, 0.717) is 11.5 Å². The maximum atomic E-state index is 14.1. The summed E-state index contributed by atoms with van der Waals surface area (Å²) in [6.07, 6.45) is -9.03. The van der Waals surface area contributed by atoms with E-state index in [4.69, 9.17) is 72.6 Å². The lowest BCUT2D eigenvalue weighted by atomic mass is 9.98. The highest BCUT2D eigenvalue weighted by molar-refractivity contribution is 7.48. The van der Waals surface area contributed by atoms with Crippen LogP contribution < -0.4 is 45.0 Å². The van der Waals surface area contributed by atoms with E-state index in [2.05, 4.69) is 44.7 Å². The van der Waals surface area contributed by atoms with Gasteiger partial charge in [-0.1, -0.05) is 0 Å². The van der Waals surface area contributed by atoms with Gasteiger partial charge in [0.25, 0.3) is 11.1 Å². The number of nitrogens with one attached hydrogen (secondary N) is 3. The van der Waals surface area contributed by atoms with Gasteiger partial charge in [0.1, 0.15) is 85.0 Å². The molecule has 5 aliphatic rings. The summed E-state index contributed by atoms with van der Waals surface area (Å²) >= 11 is 0. The Balaban J connectivity index is 0.832. The fourth-order valence-corrected chi connectivity index (χ4v) is 13.5. The number of hydrogen-bond acceptors (Lipinski definition) is 30. The average Bonchev–Trinajstić information content (AvgIpc) is 1.97. The van der Waals surface area contributed by atoms with Crippen LogP contribution in [0, 0.1) is 6.92 Å². The minimum Gasteiger partial charge on any atom is -0.383 e. The Labute approximate surface area is 488 Å². The number of phosphoric ester groups is 4. The Morgan fingerprint density at radius 3 is 1.91 bits per heavy atom. The lowest BCUT2D eigenvalue weighted by molar-refractivity contribution is -0.0633. The number of hydrogen-bond donors (Lipinski definition) is 10. The van der Waals surface area contributed by atoms with Crippen LogP contribution in [0.4, 0.5) is 17.6 Å². The lowest BCUT2D eigenvalue weighted by Gasteiger charge is -2.28. The van der Waals surface area contributed by atoms with Crippen LogP contribution in [0.15, 0.2) is 55.3 Å². The number of H-pyrrole nitrogens is 2. The number of ether oxygens (including phenoxy) is 5. The summed E-state index contributed by atoms with van der Waals surface area (Å²) in [6, 6.07) is 1.23. The first-order valence-corrected chi connectivity index (χ1v) is 32.3. The van der Waals surface area contributed by atoms with Crippen molar-refractivity contribution in [3.8, 4) is 0 Å². The van der Waals surface area contributed by atoms with Crippen LogP contribution in [0.25, 0.3) is 11.2 Å². The molecule has 5 aliphatic heterocycles. The number of aliphatic imine (C=N–C) groups is 1. The molecule has 4 saturated heterocycles. The Hall–Kier alpha value is -5.61. The van der Waals surface area contributed by atoms with E-state index in [-0.39, 0.29) is 61.0 Å². The van der Waals surface area contributed by atoms with E-state index >= 15 is 0 Å². The number of nitrogens with two attached hydrogens (primary N) is 3. The van der Waals surface area contributed by atoms with Crippen LogP contribution in [-0.4, -0.2) is 163 Å². The molecule has 5 aromatic rings. The molecule has 10 unspecified atom stereocenters. The molecular formula is C43H61N15O25P4. The monoisotopic (exact) mass is 1310 g/mol. The van der Waals surface area contributed by atoms with Crippen LogP contribution in [0.1, 0.15) is 81.4 Å². The molecule has 478 valence electrons. The normalized spacial score (nSPS) is 30.0. The number of rotatable bonds is 26. The van der Waals surface area contributed by atoms with Gasteiger partial charge in [-0.3, -0.25) is 79.0 Å². The standard InChI is InChI=1S/C43H61N15O25P4/c1-4-73-43(12-32(72-17-43)58-19-49-33-35(45)47-18-48-36(33)58)6-8-74-85(65,66)81-24-11-31(57-20-50-34-37(57)52-40(46)53-39(34)60)80-27(24)16-77-86(67,68)82-22-9-29(55-7-5-28(44)51-41(55)61)78-26(22)15-76-87(69,70)83-23-10-30(56-13-21(2)38(59)54-42(56)62)79-25(23)14-75-84(63,64)71-3/h5,7,13,18-20,22-27,29-32,35H,4,6,8-12,14-17,45H2,1-3H3,(H,47,48)(H,63,64)(H,65,66)(H,67,68)(H,69,70)(H2,44,51,61)(H,54,59,62)(H3,46,52,53,60)/t22?,23?,24?,25-,26-,27-,29-,30-,31?,32-,35?,43?/m1/s1. The number of nitrogens with zero attached hydrogens (tertiary/aromatic N) is 9. The second-order valence-electron chi connectivity index (χ2n) is 20.2. The third-order valence-corrected chi connectivity index (χ3v) is 18.4. The van der Waals surface area contributed by atoms with Crippen molar-refractivity contribution in [2.45, 2.75) is 119 Å². The number of aromatic amines is 2. The van der Waals surface area contributed by atoms with Crippen molar-refractivity contribution in [3.05, 3.63) is 84.0 Å². The maximum Gasteiger partial charge on any atom is 0.472 e. The molecule has 44 heteroatoms. The smallest absolute Gasteiger partial charge is 0.383 e. The topological polar surface area (TPSA) is 543 Å². The molecule has 0 radical (unpaired) electrons. The molecule has 10 heterocycles. The van der Waals surface area contributed by atoms with Gasteiger partial charge in [-0.25, -0.2) is 37.8 Å². The molecule has 13 N–H and O–H groups in total. The van der Waals surface area contributed by atoms with Gasteiger partial charge in [0.15, 0.2) is 11.2 Å². The first-order chi connectivity index (χ1) is 41.1. The molecule has 87 heavy (non-hydrogen) atoms. The van der Waals surface area contributed by atoms with Crippen molar-refractivity contribution in [3.63, 3.8) is 0 Å². The van der Waals surface area contributed by atoms with E-state index in [1.165, 1.54) is 36.4 Å². The Morgan fingerprint density at radius 2 is 1.31 bits per heavy atom. The van der Waals surface area contributed by atoms with Crippen molar-refractivity contribution in [1.29, 1.82) is 0 Å². The van der Waals surface area contributed by atoms with Gasteiger partial charge in [0.05, 0.1) is 57.6 Å². The summed E-state index contributed by atoms with van der Waals surface area (Å²) in [5.41, 5.74) is 13.6. The number of aryl methyl sites for hydroxylation is 1. The average molecular weight is 1310 g/mol. The maximum absolute atomic E-state index is 14.1. The Kier molecular flexibility index (Phi) is 19.0. The van der Waals surface area contributed by atoms with Crippen molar-refractivity contribution >= 4 is 66.4 Å². The Morgan fingerprint density at radius 1 is 0.736 bits per heavy atom. The highest BCUT2D eigenvalue weighted by Gasteiger charge is 2.49. The van der Waals surface area contributed by atoms with Gasteiger partial charge in [-0.15, -0.1) is 0 Å². The van der Waals surface area contributed by atoms with Gasteiger partial charge >= 0.3 is 42.7 Å². The second-order valence-corrected chi connectivity index (χ2v) is 26.0. The largest absolute Gasteiger partial charge is 0.472 e. The van der Waals surface area contributed by atoms with Crippen molar-refractivity contribution in [2.75, 3.05) is 63.5 Å². The van der Waals surface area contributed by atoms with Crippen molar-refractivity contribution < 1.29 is 97.7 Å². The SMILES string of the molecule is CCOC1(CCOP(=O)(O)OC2CC(n3cnc4c(=O)[nH]c(N)nc43)O[C@@H]2COP(=O)(O)OC2C[C@H](n3ccc(N)nc3=O)O[C@@H]2COP(=O)(O)OC2C[C@H](n3cc(C)c(=O)[nH]c3=O)O[C@@H]2COP(=O)(O)OC)CO[C@@H](n2cnc3c2NC=NC3N)C1. The highest BCUT2D eigenvalue weighted by Crippen LogP contribution is 2.54. The summed E-state index contributed by atoms with van der Waals surface area (Å²) in [5.74, 6) is 0.0990. The summed E-state index contributed by atoms with van der Waals surface area (Å²) < 4.78 is 131. The molecule has 4 fully saturated rings. The van der Waals surface area contributed by atoms with E-state index < -0.39 is 166 Å². The molecular weight excluding hydrogens is 1250 g/mol. The van der Waals surface area contributed by atoms with Gasteiger partial charge in [0.2, 0.25) is 5.95 Å². The summed E-state index contributed by atoms with van der Waals surface area (Å²) in [5, 5.41) is 3.02. The predicted octanol–water partition coefficient (Wildman–Crippen LogP) is -0.0759.